The topological polar surface area (TPSA) is 49.3 Å². The lowest BCUT2D eigenvalue weighted by Crippen LogP contribution is -2.37. The highest BCUT2D eigenvalue weighted by Crippen LogP contribution is 2.24. The third-order valence-electron chi connectivity index (χ3n) is 3.63. The van der Waals surface area contributed by atoms with Gasteiger partial charge in [0.1, 0.15) is 17.2 Å². The average Bonchev–Trinajstić information content (AvgIpc) is 2.36. The molecule has 6 heteroatoms. The zero-order valence-corrected chi connectivity index (χ0v) is 12.4. The molecule has 0 radical (unpaired) electrons. The zero-order chi connectivity index (χ0) is 14.7. The van der Waals surface area contributed by atoms with Gasteiger partial charge in [-0.3, -0.25) is 4.79 Å². The van der Waals surface area contributed by atoms with Crippen LogP contribution in [0.4, 0.5) is 8.78 Å². The van der Waals surface area contributed by atoms with E-state index < -0.39 is 29.2 Å². The molecule has 1 saturated carbocycles. The number of hydrogen-bond donors (Lipinski definition) is 2. The molecular formula is C14H16BrF2NO2. The smallest absolute Gasteiger partial charge is 0.257 e. The lowest BCUT2D eigenvalue weighted by atomic mass is 9.86. The van der Waals surface area contributed by atoms with E-state index in [4.69, 9.17) is 0 Å². The quantitative estimate of drug-likeness (QED) is 0.882. The number of nitrogens with one attached hydrogen (secondary N) is 1. The number of benzene rings is 1. The molecule has 20 heavy (non-hydrogen) atoms. The minimum absolute atomic E-state index is 0.0470. The summed E-state index contributed by atoms with van der Waals surface area (Å²) < 4.78 is 27.5. The number of carbonyl (C=O) groups is 1. The number of carbonyl (C=O) groups excluding carboxylic acids is 1. The number of halogens is 3. The van der Waals surface area contributed by atoms with Gasteiger partial charge in [0, 0.05) is 16.9 Å². The first kappa shape index (κ1) is 15.4. The van der Waals surface area contributed by atoms with Crippen molar-refractivity contribution < 1.29 is 18.7 Å². The molecule has 110 valence electrons. The predicted molar refractivity (Wildman–Crippen MR) is 74.4 cm³/mol. The molecule has 2 N–H and O–H groups in total. The molecule has 0 aliphatic heterocycles. The molecule has 1 amide bonds. The molecular weight excluding hydrogens is 332 g/mol. The van der Waals surface area contributed by atoms with Crippen molar-refractivity contribution in [2.75, 3.05) is 6.54 Å². The van der Waals surface area contributed by atoms with E-state index in [1.54, 1.807) is 0 Å². The van der Waals surface area contributed by atoms with E-state index in [9.17, 15) is 18.7 Å². The van der Waals surface area contributed by atoms with Crippen molar-refractivity contribution in [3.05, 3.63) is 33.8 Å². The SMILES string of the molecule is O=C(NC[C@@H]1CCCC[C@H]1O)c1c(F)cc(Br)cc1F. The molecule has 1 aromatic rings. The molecule has 1 aromatic carbocycles. The highest BCUT2D eigenvalue weighted by molar-refractivity contribution is 9.10. The Kier molecular flexibility index (Phi) is 5.10. The van der Waals surface area contributed by atoms with E-state index >= 15 is 0 Å². The second-order valence-electron chi connectivity index (χ2n) is 5.07. The van der Waals surface area contributed by atoms with Crippen molar-refractivity contribution in [1.29, 1.82) is 0 Å². The maximum atomic E-state index is 13.6. The van der Waals surface area contributed by atoms with E-state index in [-0.39, 0.29) is 16.9 Å². The van der Waals surface area contributed by atoms with E-state index in [1.165, 1.54) is 0 Å². The summed E-state index contributed by atoms with van der Waals surface area (Å²) >= 11 is 2.96. The summed E-state index contributed by atoms with van der Waals surface area (Å²) in [5.74, 6) is -2.64. The van der Waals surface area contributed by atoms with E-state index in [0.717, 1.165) is 31.4 Å². The minimum Gasteiger partial charge on any atom is -0.393 e. The number of amides is 1. The van der Waals surface area contributed by atoms with Crippen LogP contribution in [-0.2, 0) is 0 Å². The molecule has 3 nitrogen and oxygen atoms in total. The molecule has 1 fully saturated rings. The van der Waals surface area contributed by atoms with E-state index in [1.807, 2.05) is 0 Å². The van der Waals surface area contributed by atoms with Crippen LogP contribution in [0.5, 0.6) is 0 Å². The fraction of sp³-hybridized carbons (Fsp3) is 0.500. The van der Waals surface area contributed by atoms with E-state index in [0.29, 0.717) is 6.42 Å². The lowest BCUT2D eigenvalue weighted by Gasteiger charge is -2.27. The summed E-state index contributed by atoms with van der Waals surface area (Å²) in [5.41, 5.74) is -0.585. The summed E-state index contributed by atoms with van der Waals surface area (Å²) in [7, 11) is 0. The van der Waals surface area contributed by atoms with Crippen molar-refractivity contribution in [2.45, 2.75) is 31.8 Å². The minimum atomic E-state index is -0.904. The van der Waals surface area contributed by atoms with Gasteiger partial charge < -0.3 is 10.4 Å². The van der Waals surface area contributed by atoms with Crippen molar-refractivity contribution in [3.63, 3.8) is 0 Å². The van der Waals surface area contributed by atoms with Gasteiger partial charge in [0.2, 0.25) is 0 Å². The standard InChI is InChI=1S/C14H16BrF2NO2/c15-9-5-10(16)13(11(17)6-9)14(20)18-7-8-3-1-2-4-12(8)19/h5-6,8,12,19H,1-4,7H2,(H,18,20)/t8-,12+/m0/s1. The number of hydrogen-bond acceptors (Lipinski definition) is 2. The summed E-state index contributed by atoms with van der Waals surface area (Å²) in [4.78, 5) is 11.9. The van der Waals surface area contributed by atoms with Crippen molar-refractivity contribution in [3.8, 4) is 0 Å². The molecule has 0 heterocycles. The van der Waals surface area contributed by atoms with Crippen LogP contribution in [0, 0.1) is 17.6 Å². The predicted octanol–water partition coefficient (Wildman–Crippen LogP) is 3.01. The molecule has 0 saturated heterocycles. The van der Waals surface area contributed by atoms with Gasteiger partial charge in [0.05, 0.1) is 6.10 Å². The molecule has 2 atom stereocenters. The molecule has 2 rings (SSSR count). The molecule has 0 aromatic heterocycles. The van der Waals surface area contributed by atoms with Gasteiger partial charge >= 0.3 is 0 Å². The molecule has 1 aliphatic carbocycles. The van der Waals surface area contributed by atoms with Crippen LogP contribution < -0.4 is 5.32 Å². The summed E-state index contributed by atoms with van der Waals surface area (Å²) in [6, 6.07) is 2.10. The molecule has 0 unspecified atom stereocenters. The first-order valence-corrected chi connectivity index (χ1v) is 7.39. The maximum Gasteiger partial charge on any atom is 0.257 e. The van der Waals surface area contributed by atoms with Gasteiger partial charge in [0.25, 0.3) is 5.91 Å². The fourth-order valence-electron chi connectivity index (χ4n) is 2.50. The van der Waals surface area contributed by atoms with E-state index in [2.05, 4.69) is 21.2 Å². The Morgan fingerprint density at radius 2 is 1.90 bits per heavy atom. The average molecular weight is 348 g/mol. The Labute approximate surface area is 124 Å². The van der Waals surface area contributed by atoms with Crippen LogP contribution in [-0.4, -0.2) is 23.7 Å². The van der Waals surface area contributed by atoms with Gasteiger partial charge in [-0.15, -0.1) is 0 Å². The van der Waals surface area contributed by atoms with Crippen LogP contribution in [0.2, 0.25) is 0 Å². The molecule has 1 aliphatic rings. The third kappa shape index (κ3) is 3.55. The monoisotopic (exact) mass is 347 g/mol. The summed E-state index contributed by atoms with van der Waals surface area (Å²) in [6.07, 6.45) is 3.04. The van der Waals surface area contributed by atoms with Gasteiger partial charge in [-0.05, 0) is 25.0 Å². The van der Waals surface area contributed by atoms with Gasteiger partial charge in [-0.25, -0.2) is 8.78 Å². The lowest BCUT2D eigenvalue weighted by molar-refractivity contribution is 0.0661. The van der Waals surface area contributed by atoms with Crippen LogP contribution >= 0.6 is 15.9 Å². The number of rotatable bonds is 3. The van der Waals surface area contributed by atoms with Crippen LogP contribution in [0.1, 0.15) is 36.0 Å². The first-order chi connectivity index (χ1) is 9.49. The number of aliphatic hydroxyl groups excluding tert-OH is 1. The number of aliphatic hydroxyl groups is 1. The Morgan fingerprint density at radius 1 is 1.30 bits per heavy atom. The van der Waals surface area contributed by atoms with Crippen LogP contribution in [0.25, 0.3) is 0 Å². The second-order valence-corrected chi connectivity index (χ2v) is 5.98. The van der Waals surface area contributed by atoms with Gasteiger partial charge in [-0.1, -0.05) is 28.8 Å². The van der Waals surface area contributed by atoms with Crippen LogP contribution in [0.15, 0.2) is 16.6 Å². The normalized spacial score (nSPS) is 22.6. The highest BCUT2D eigenvalue weighted by Gasteiger charge is 2.25. The first-order valence-electron chi connectivity index (χ1n) is 6.60. The Bertz CT molecular complexity index is 487. The Hall–Kier alpha value is -1.01. The highest BCUT2D eigenvalue weighted by atomic mass is 79.9. The summed E-state index contributed by atoms with van der Waals surface area (Å²) in [5, 5.41) is 12.3. The third-order valence-corrected chi connectivity index (χ3v) is 4.09. The van der Waals surface area contributed by atoms with Crippen molar-refractivity contribution >= 4 is 21.8 Å². The van der Waals surface area contributed by atoms with Crippen molar-refractivity contribution in [2.24, 2.45) is 5.92 Å². The summed E-state index contributed by atoms with van der Waals surface area (Å²) in [6.45, 7) is 0.231. The molecule has 0 spiro atoms. The van der Waals surface area contributed by atoms with Crippen LogP contribution in [0.3, 0.4) is 0 Å². The maximum absolute atomic E-state index is 13.6. The second kappa shape index (κ2) is 6.63. The Morgan fingerprint density at radius 3 is 2.50 bits per heavy atom. The van der Waals surface area contributed by atoms with Gasteiger partial charge in [0.15, 0.2) is 0 Å². The fourth-order valence-corrected chi connectivity index (χ4v) is 2.90. The van der Waals surface area contributed by atoms with Gasteiger partial charge in [-0.2, -0.15) is 0 Å². The van der Waals surface area contributed by atoms with Crippen molar-refractivity contribution in [1.82, 2.24) is 5.32 Å². The Balaban J connectivity index is 2.02. The largest absolute Gasteiger partial charge is 0.393 e. The zero-order valence-electron chi connectivity index (χ0n) is 10.8. The molecule has 0 bridgehead atoms.